The summed E-state index contributed by atoms with van der Waals surface area (Å²) in [4.78, 5) is 12.4. The summed E-state index contributed by atoms with van der Waals surface area (Å²) in [6.07, 6.45) is 3.12. The minimum absolute atomic E-state index is 0.108. The summed E-state index contributed by atoms with van der Waals surface area (Å²) < 4.78 is 1.86. The van der Waals surface area contributed by atoms with Crippen molar-refractivity contribution in [2.75, 3.05) is 0 Å². The monoisotopic (exact) mass is 417 g/mol. The summed E-state index contributed by atoms with van der Waals surface area (Å²) in [5.74, 6) is 0.516. The van der Waals surface area contributed by atoms with Crippen LogP contribution in [-0.4, -0.2) is 32.0 Å². The summed E-state index contributed by atoms with van der Waals surface area (Å²) >= 11 is 1.58. The summed E-state index contributed by atoms with van der Waals surface area (Å²) in [5, 5.41) is 24.7. The number of phenols is 1. The Bertz CT molecular complexity index is 1220. The molecule has 0 aliphatic rings. The quantitative estimate of drug-likeness (QED) is 0.283. The molecule has 0 aliphatic carbocycles. The zero-order chi connectivity index (χ0) is 20.9. The van der Waals surface area contributed by atoms with E-state index in [0.29, 0.717) is 11.1 Å². The fourth-order valence-electron chi connectivity index (χ4n) is 2.94. The number of hydrogen-bond donors (Lipinski definition) is 2. The first-order valence-corrected chi connectivity index (χ1v) is 10.2. The topological polar surface area (TPSA) is 92.4 Å². The van der Waals surface area contributed by atoms with Gasteiger partial charge < -0.3 is 9.67 Å². The Balaban J connectivity index is 1.40. The Hall–Kier alpha value is -3.65. The van der Waals surface area contributed by atoms with Gasteiger partial charge in [-0.05, 0) is 34.5 Å². The number of rotatable bonds is 6. The van der Waals surface area contributed by atoms with Crippen molar-refractivity contribution in [1.29, 1.82) is 0 Å². The molecule has 0 saturated heterocycles. The molecular weight excluding hydrogens is 398 g/mol. The van der Waals surface area contributed by atoms with Crippen molar-refractivity contribution in [2.24, 2.45) is 12.1 Å². The number of aryl methyl sites for hydroxylation is 1. The number of nitrogens with zero attached hydrogens (tertiary/aromatic N) is 4. The normalized spacial score (nSPS) is 11.2. The predicted molar refractivity (Wildman–Crippen MR) is 118 cm³/mol. The molecule has 1 aromatic heterocycles. The van der Waals surface area contributed by atoms with E-state index < -0.39 is 0 Å². The number of phenolic OH excluding ortho intramolecular Hbond substituents is 1. The molecule has 0 saturated carbocycles. The van der Waals surface area contributed by atoms with Crippen LogP contribution < -0.4 is 5.43 Å². The Morgan fingerprint density at radius 1 is 1.17 bits per heavy atom. The van der Waals surface area contributed by atoms with E-state index >= 15 is 0 Å². The number of amides is 1. The van der Waals surface area contributed by atoms with Crippen molar-refractivity contribution < 1.29 is 9.90 Å². The SMILES string of the molecule is Cn1cnnc1SCc1ccc(C(=O)NN=Cc2c(O)ccc3ccccc23)cc1. The number of nitrogens with one attached hydrogen (secondary N) is 1. The van der Waals surface area contributed by atoms with Crippen LogP contribution >= 0.6 is 11.8 Å². The molecule has 7 nitrogen and oxygen atoms in total. The second-order valence-electron chi connectivity index (χ2n) is 6.63. The summed E-state index contributed by atoms with van der Waals surface area (Å²) in [5.41, 5.74) is 4.65. The maximum absolute atomic E-state index is 12.4. The van der Waals surface area contributed by atoms with Gasteiger partial charge in [0, 0.05) is 23.9 Å². The van der Waals surface area contributed by atoms with E-state index in [4.69, 9.17) is 0 Å². The third-order valence-corrected chi connectivity index (χ3v) is 5.67. The third-order valence-electron chi connectivity index (χ3n) is 4.56. The number of fused-ring (bicyclic) bond motifs is 1. The number of hydrogen-bond acceptors (Lipinski definition) is 6. The molecule has 0 aliphatic heterocycles. The molecule has 4 aromatic rings. The van der Waals surface area contributed by atoms with Crippen LogP contribution in [0.1, 0.15) is 21.5 Å². The maximum atomic E-state index is 12.4. The first kappa shape index (κ1) is 19.7. The van der Waals surface area contributed by atoms with Crippen LogP contribution in [0.15, 0.2) is 77.2 Å². The molecule has 150 valence electrons. The number of carbonyl (C=O) groups is 1. The third kappa shape index (κ3) is 4.33. The van der Waals surface area contributed by atoms with Crippen molar-refractivity contribution in [1.82, 2.24) is 20.2 Å². The minimum Gasteiger partial charge on any atom is -0.507 e. The van der Waals surface area contributed by atoms with Crippen LogP contribution in [-0.2, 0) is 12.8 Å². The van der Waals surface area contributed by atoms with E-state index in [9.17, 15) is 9.90 Å². The number of thioether (sulfide) groups is 1. The molecule has 0 radical (unpaired) electrons. The fourth-order valence-corrected chi connectivity index (χ4v) is 3.79. The van der Waals surface area contributed by atoms with Gasteiger partial charge in [0.15, 0.2) is 5.16 Å². The van der Waals surface area contributed by atoms with Gasteiger partial charge in [0.2, 0.25) is 0 Å². The summed E-state index contributed by atoms with van der Waals surface area (Å²) in [6, 6.07) is 18.4. The molecule has 1 heterocycles. The fraction of sp³-hybridized carbons (Fsp3) is 0.0909. The van der Waals surface area contributed by atoms with Crippen LogP contribution in [0.2, 0.25) is 0 Å². The average molecular weight is 417 g/mol. The number of carbonyl (C=O) groups excluding carboxylic acids is 1. The second-order valence-corrected chi connectivity index (χ2v) is 7.57. The highest BCUT2D eigenvalue weighted by Crippen LogP contribution is 2.25. The number of aromatic hydroxyl groups is 1. The highest BCUT2D eigenvalue weighted by molar-refractivity contribution is 7.98. The molecule has 4 rings (SSSR count). The molecule has 0 atom stereocenters. The van der Waals surface area contributed by atoms with Gasteiger partial charge in [-0.2, -0.15) is 5.10 Å². The highest BCUT2D eigenvalue weighted by atomic mass is 32.2. The zero-order valence-corrected chi connectivity index (χ0v) is 17.0. The van der Waals surface area contributed by atoms with Crippen molar-refractivity contribution >= 4 is 34.7 Å². The molecule has 0 spiro atoms. The van der Waals surface area contributed by atoms with Gasteiger partial charge in [0.25, 0.3) is 5.91 Å². The smallest absolute Gasteiger partial charge is 0.271 e. The molecule has 0 fully saturated rings. The molecule has 8 heteroatoms. The molecule has 30 heavy (non-hydrogen) atoms. The Morgan fingerprint density at radius 2 is 1.97 bits per heavy atom. The number of aromatic nitrogens is 3. The van der Waals surface area contributed by atoms with Crippen molar-refractivity contribution in [3.8, 4) is 5.75 Å². The molecular formula is C22H19N5O2S. The summed E-state index contributed by atoms with van der Waals surface area (Å²) in [6.45, 7) is 0. The maximum Gasteiger partial charge on any atom is 0.271 e. The molecule has 3 aromatic carbocycles. The largest absolute Gasteiger partial charge is 0.507 e. The van der Waals surface area contributed by atoms with Gasteiger partial charge >= 0.3 is 0 Å². The van der Waals surface area contributed by atoms with Gasteiger partial charge in [0.05, 0.1) is 6.21 Å². The zero-order valence-electron chi connectivity index (χ0n) is 16.2. The Kier molecular flexibility index (Phi) is 5.76. The second kappa shape index (κ2) is 8.79. The predicted octanol–water partition coefficient (Wildman–Crippen LogP) is 3.73. The van der Waals surface area contributed by atoms with E-state index in [2.05, 4.69) is 20.7 Å². The van der Waals surface area contributed by atoms with Gasteiger partial charge in [-0.3, -0.25) is 4.79 Å². The van der Waals surface area contributed by atoms with E-state index in [0.717, 1.165) is 27.2 Å². The molecule has 1 amide bonds. The van der Waals surface area contributed by atoms with Crippen LogP contribution in [0, 0.1) is 0 Å². The minimum atomic E-state index is -0.321. The summed E-state index contributed by atoms with van der Waals surface area (Å²) in [7, 11) is 1.90. The Labute approximate surface area is 177 Å². The number of hydrazone groups is 1. The lowest BCUT2D eigenvalue weighted by atomic mass is 10.0. The lowest BCUT2D eigenvalue weighted by Gasteiger charge is -2.05. The highest BCUT2D eigenvalue weighted by Gasteiger charge is 2.07. The van der Waals surface area contributed by atoms with Gasteiger partial charge in [-0.1, -0.05) is 54.2 Å². The van der Waals surface area contributed by atoms with Crippen molar-refractivity contribution in [2.45, 2.75) is 10.9 Å². The van der Waals surface area contributed by atoms with Crippen LogP contribution in [0.4, 0.5) is 0 Å². The standard InChI is InChI=1S/C22H19N5O2S/c1-27-14-24-26-22(27)30-13-15-6-8-17(9-7-15)21(29)25-23-12-19-18-5-3-2-4-16(18)10-11-20(19)28/h2-12,14,28H,13H2,1H3,(H,25,29). The van der Waals surface area contributed by atoms with Crippen LogP contribution in [0.3, 0.4) is 0 Å². The first-order valence-electron chi connectivity index (χ1n) is 9.21. The van der Waals surface area contributed by atoms with Crippen molar-refractivity contribution in [3.05, 3.63) is 83.7 Å². The lowest BCUT2D eigenvalue weighted by molar-refractivity contribution is 0.0955. The van der Waals surface area contributed by atoms with Crippen LogP contribution in [0.5, 0.6) is 5.75 Å². The average Bonchev–Trinajstić information content (AvgIpc) is 3.18. The first-order chi connectivity index (χ1) is 14.6. The van der Waals surface area contributed by atoms with E-state index in [1.54, 1.807) is 36.3 Å². The molecule has 0 bridgehead atoms. The van der Waals surface area contributed by atoms with Gasteiger partial charge in [-0.15, -0.1) is 10.2 Å². The van der Waals surface area contributed by atoms with E-state index in [1.165, 1.54) is 6.21 Å². The number of benzene rings is 3. The van der Waals surface area contributed by atoms with Crippen LogP contribution in [0.25, 0.3) is 10.8 Å². The van der Waals surface area contributed by atoms with Gasteiger partial charge in [0.1, 0.15) is 12.1 Å². The molecule has 0 unspecified atom stereocenters. The van der Waals surface area contributed by atoms with E-state index in [-0.39, 0.29) is 11.7 Å². The van der Waals surface area contributed by atoms with Gasteiger partial charge in [-0.25, -0.2) is 5.43 Å². The lowest BCUT2D eigenvalue weighted by Crippen LogP contribution is -2.17. The van der Waals surface area contributed by atoms with Crippen molar-refractivity contribution in [3.63, 3.8) is 0 Å². The molecule has 2 N–H and O–H groups in total. The van der Waals surface area contributed by atoms with E-state index in [1.807, 2.05) is 54.1 Å². The Morgan fingerprint density at radius 3 is 2.73 bits per heavy atom.